The van der Waals surface area contributed by atoms with Crippen LogP contribution in [0.4, 0.5) is 0 Å². The first-order chi connectivity index (χ1) is 12.6. The van der Waals surface area contributed by atoms with Crippen molar-refractivity contribution in [3.05, 3.63) is 82.9 Å². The highest BCUT2D eigenvalue weighted by atomic mass is 16.4. The van der Waals surface area contributed by atoms with E-state index in [-0.39, 0.29) is 11.6 Å². The molecule has 0 saturated carbocycles. The molecule has 0 bridgehead atoms. The first-order valence-corrected chi connectivity index (χ1v) is 8.60. The second-order valence-electron chi connectivity index (χ2n) is 6.28. The number of rotatable bonds is 4. The average molecular weight is 343 g/mol. The van der Waals surface area contributed by atoms with Crippen molar-refractivity contribution in [1.82, 2.24) is 5.32 Å². The van der Waals surface area contributed by atoms with Crippen molar-refractivity contribution in [3.8, 4) is 11.8 Å². The van der Waals surface area contributed by atoms with Gasteiger partial charge in [-0.05, 0) is 41.8 Å². The zero-order valence-corrected chi connectivity index (χ0v) is 14.9. The Kier molecular flexibility index (Phi) is 5.36. The molecule has 0 heterocycles. The Morgan fingerprint density at radius 2 is 1.81 bits per heavy atom. The topological polar surface area (TPSA) is 49.3 Å². The minimum absolute atomic E-state index is 0.145. The molecule has 0 radical (unpaired) electrons. The zero-order chi connectivity index (χ0) is 18.5. The fraction of sp³-hybridized carbons (Fsp3) is 0.174. The zero-order valence-electron chi connectivity index (χ0n) is 14.9. The van der Waals surface area contributed by atoms with Crippen LogP contribution in [0.25, 0.3) is 10.8 Å². The highest BCUT2D eigenvalue weighted by Crippen LogP contribution is 2.23. The lowest BCUT2D eigenvalue weighted by Gasteiger charge is -2.15. The van der Waals surface area contributed by atoms with Crippen LogP contribution in [0, 0.1) is 18.8 Å². The van der Waals surface area contributed by atoms with Gasteiger partial charge in [0, 0.05) is 11.6 Å². The van der Waals surface area contributed by atoms with Crippen molar-refractivity contribution in [2.24, 2.45) is 0 Å². The highest BCUT2D eigenvalue weighted by molar-refractivity contribution is 5.91. The summed E-state index contributed by atoms with van der Waals surface area (Å²) in [6.07, 6.45) is 0. The van der Waals surface area contributed by atoms with E-state index in [2.05, 4.69) is 54.4 Å². The van der Waals surface area contributed by atoms with Gasteiger partial charge >= 0.3 is 5.97 Å². The van der Waals surface area contributed by atoms with Gasteiger partial charge in [-0.3, -0.25) is 5.32 Å². The number of carbonyl (C=O) groups is 1. The lowest BCUT2D eigenvalue weighted by Crippen LogP contribution is -2.19. The Morgan fingerprint density at radius 1 is 1.08 bits per heavy atom. The molecule has 0 amide bonds. The molecule has 3 nitrogen and oxygen atoms in total. The molecule has 0 aliphatic carbocycles. The van der Waals surface area contributed by atoms with E-state index in [9.17, 15) is 9.90 Å². The Bertz CT molecular complexity index is 1010. The van der Waals surface area contributed by atoms with Crippen molar-refractivity contribution in [3.63, 3.8) is 0 Å². The molecule has 1 atom stereocenters. The third kappa shape index (κ3) is 3.77. The van der Waals surface area contributed by atoms with E-state index >= 15 is 0 Å². The predicted octanol–water partition coefficient (Wildman–Crippen LogP) is 4.55. The van der Waals surface area contributed by atoms with Crippen molar-refractivity contribution >= 4 is 16.7 Å². The van der Waals surface area contributed by atoms with Gasteiger partial charge in [-0.1, -0.05) is 66.4 Å². The van der Waals surface area contributed by atoms with Crippen LogP contribution in [-0.4, -0.2) is 17.6 Å². The number of benzene rings is 3. The van der Waals surface area contributed by atoms with Crippen LogP contribution in [0.2, 0.25) is 0 Å². The van der Waals surface area contributed by atoms with Crippen molar-refractivity contribution in [1.29, 1.82) is 0 Å². The molecule has 0 spiro atoms. The van der Waals surface area contributed by atoms with E-state index in [0.29, 0.717) is 12.1 Å². The molecule has 0 aliphatic heterocycles. The molecule has 26 heavy (non-hydrogen) atoms. The van der Waals surface area contributed by atoms with E-state index in [1.165, 1.54) is 16.3 Å². The molecule has 3 heteroatoms. The maximum Gasteiger partial charge on any atom is 0.336 e. The molecule has 3 rings (SSSR count). The molecule has 3 aromatic rings. The van der Waals surface area contributed by atoms with Gasteiger partial charge in [0.2, 0.25) is 0 Å². The molecular formula is C23H21NO2. The van der Waals surface area contributed by atoms with E-state index in [4.69, 9.17) is 0 Å². The Morgan fingerprint density at radius 3 is 2.62 bits per heavy atom. The smallest absolute Gasteiger partial charge is 0.336 e. The fourth-order valence-corrected chi connectivity index (χ4v) is 3.09. The van der Waals surface area contributed by atoms with Crippen LogP contribution in [-0.2, 0) is 0 Å². The van der Waals surface area contributed by atoms with Gasteiger partial charge in [0.1, 0.15) is 0 Å². The molecule has 130 valence electrons. The molecule has 2 N–H and O–H groups in total. The van der Waals surface area contributed by atoms with Crippen molar-refractivity contribution in [2.75, 3.05) is 6.54 Å². The van der Waals surface area contributed by atoms with Gasteiger partial charge < -0.3 is 5.11 Å². The normalized spacial score (nSPS) is 11.6. The van der Waals surface area contributed by atoms with E-state index < -0.39 is 5.97 Å². The first-order valence-electron chi connectivity index (χ1n) is 8.60. The molecule has 0 aliphatic rings. The number of carboxylic acids is 1. The molecule has 0 aromatic heterocycles. The summed E-state index contributed by atoms with van der Waals surface area (Å²) in [4.78, 5) is 11.3. The standard InChI is InChI=1S/C23H21NO2/c1-16-8-5-13-22(23(25)26)19(16)14-7-15-24-17(2)20-12-6-10-18-9-3-4-11-21(18)20/h3-6,8-13,17,24H,15H2,1-2H3,(H,25,26)/t17-/m1/s1. The fourth-order valence-electron chi connectivity index (χ4n) is 3.09. The van der Waals surface area contributed by atoms with Gasteiger partial charge in [-0.25, -0.2) is 4.79 Å². The van der Waals surface area contributed by atoms with Crippen LogP contribution >= 0.6 is 0 Å². The van der Waals surface area contributed by atoms with E-state index in [1.54, 1.807) is 12.1 Å². The second-order valence-corrected chi connectivity index (χ2v) is 6.28. The Balaban J connectivity index is 1.75. The minimum atomic E-state index is -0.949. The second kappa shape index (κ2) is 7.86. The number of hydrogen-bond acceptors (Lipinski definition) is 2. The van der Waals surface area contributed by atoms with Gasteiger partial charge in [0.05, 0.1) is 12.1 Å². The predicted molar refractivity (Wildman–Crippen MR) is 105 cm³/mol. The summed E-state index contributed by atoms with van der Waals surface area (Å²) in [5, 5.41) is 15.2. The molecule has 3 aromatic carbocycles. The average Bonchev–Trinajstić information content (AvgIpc) is 2.65. The minimum Gasteiger partial charge on any atom is -0.478 e. The first kappa shape index (κ1) is 17.7. The number of carboxylic acid groups (broad SMARTS) is 1. The van der Waals surface area contributed by atoms with E-state index in [1.807, 2.05) is 25.1 Å². The summed E-state index contributed by atoms with van der Waals surface area (Å²) in [6.45, 7) is 4.47. The van der Waals surface area contributed by atoms with Gasteiger partial charge in [-0.15, -0.1) is 0 Å². The molecule has 0 fully saturated rings. The van der Waals surface area contributed by atoms with Crippen LogP contribution in [0.15, 0.2) is 60.7 Å². The quantitative estimate of drug-likeness (QED) is 0.683. The highest BCUT2D eigenvalue weighted by Gasteiger charge is 2.10. The van der Waals surface area contributed by atoms with Gasteiger partial charge in [-0.2, -0.15) is 0 Å². The summed E-state index contributed by atoms with van der Waals surface area (Å²) >= 11 is 0. The SMILES string of the molecule is Cc1cccc(C(=O)O)c1C#CCN[C@H](C)c1cccc2ccccc12. The number of aromatic carboxylic acids is 1. The number of nitrogens with one attached hydrogen (secondary N) is 1. The maximum atomic E-state index is 11.3. The van der Waals surface area contributed by atoms with Crippen LogP contribution in [0.1, 0.15) is 40.0 Å². The van der Waals surface area contributed by atoms with Crippen molar-refractivity contribution < 1.29 is 9.90 Å². The lowest BCUT2D eigenvalue weighted by molar-refractivity contribution is 0.0696. The maximum absolute atomic E-state index is 11.3. The summed E-state index contributed by atoms with van der Waals surface area (Å²) in [5.41, 5.74) is 2.94. The van der Waals surface area contributed by atoms with Crippen LogP contribution in [0.3, 0.4) is 0 Å². The lowest BCUT2D eigenvalue weighted by atomic mass is 10.00. The summed E-state index contributed by atoms with van der Waals surface area (Å²) < 4.78 is 0. The summed E-state index contributed by atoms with van der Waals surface area (Å²) in [7, 11) is 0. The number of hydrogen-bond donors (Lipinski definition) is 2. The third-order valence-corrected chi connectivity index (χ3v) is 4.50. The van der Waals surface area contributed by atoms with E-state index in [0.717, 1.165) is 5.56 Å². The molecule has 0 saturated heterocycles. The Labute approximate surface area is 153 Å². The third-order valence-electron chi connectivity index (χ3n) is 4.50. The van der Waals surface area contributed by atoms with Gasteiger partial charge in [0.25, 0.3) is 0 Å². The molecule has 0 unspecified atom stereocenters. The van der Waals surface area contributed by atoms with Gasteiger partial charge in [0.15, 0.2) is 0 Å². The monoisotopic (exact) mass is 343 g/mol. The summed E-state index contributed by atoms with van der Waals surface area (Å²) in [6, 6.07) is 20.0. The van der Waals surface area contributed by atoms with Crippen LogP contribution in [0.5, 0.6) is 0 Å². The van der Waals surface area contributed by atoms with Crippen molar-refractivity contribution in [2.45, 2.75) is 19.9 Å². The number of fused-ring (bicyclic) bond motifs is 1. The largest absolute Gasteiger partial charge is 0.478 e. The number of aryl methyl sites for hydroxylation is 1. The van der Waals surface area contributed by atoms with Crippen LogP contribution < -0.4 is 5.32 Å². The summed E-state index contributed by atoms with van der Waals surface area (Å²) in [5.74, 6) is 5.13. The Hall–Kier alpha value is -3.09. The molecular weight excluding hydrogens is 322 g/mol.